The largest absolute Gasteiger partial charge is 0.228 e. The lowest BCUT2D eigenvalue weighted by Crippen LogP contribution is -2.21. The minimum atomic E-state index is -2.99. The van der Waals surface area contributed by atoms with Crippen LogP contribution in [0.2, 0.25) is 0 Å². The van der Waals surface area contributed by atoms with Gasteiger partial charge in [-0.2, -0.15) is 0 Å². The molecule has 0 aliphatic heterocycles. The monoisotopic (exact) mass is 226 g/mol. The highest BCUT2D eigenvalue weighted by molar-refractivity contribution is 7.90. The first-order valence-corrected chi connectivity index (χ1v) is 6.85. The van der Waals surface area contributed by atoms with Crippen LogP contribution in [0.1, 0.15) is 26.3 Å². The van der Waals surface area contributed by atoms with Crippen LogP contribution in [-0.4, -0.2) is 14.2 Å². The predicted octanol–water partition coefficient (Wildman–Crippen LogP) is 2.65. The third-order valence-electron chi connectivity index (χ3n) is 1.88. The van der Waals surface area contributed by atoms with E-state index in [0.29, 0.717) is 0 Å². The van der Waals surface area contributed by atoms with Gasteiger partial charge in [0.2, 0.25) is 0 Å². The summed E-state index contributed by atoms with van der Waals surface area (Å²) in [5.41, 5.74) is 0.690. The van der Waals surface area contributed by atoms with Crippen LogP contribution in [0.5, 0.6) is 0 Å². The molecule has 0 aliphatic carbocycles. The van der Waals surface area contributed by atoms with E-state index in [1.165, 1.54) is 0 Å². The molecule has 0 atom stereocenters. The average molecular weight is 226 g/mol. The molecule has 1 aromatic carbocycles. The van der Waals surface area contributed by atoms with Crippen LogP contribution >= 0.6 is 0 Å². The molecule has 1 aromatic rings. The van der Waals surface area contributed by atoms with E-state index in [1.54, 1.807) is 0 Å². The van der Waals surface area contributed by atoms with Crippen molar-refractivity contribution in [1.29, 1.82) is 0 Å². The quantitative estimate of drug-likeness (QED) is 0.794. The lowest BCUT2D eigenvalue weighted by atomic mass is 10.0. The van der Waals surface area contributed by atoms with Crippen molar-refractivity contribution in [3.63, 3.8) is 0 Å². The summed E-state index contributed by atoms with van der Waals surface area (Å²) in [5.74, 6) is 0.375. The van der Waals surface area contributed by atoms with Gasteiger partial charge in [0.1, 0.15) is 0 Å². The molecule has 0 amide bonds. The zero-order valence-electron chi connectivity index (χ0n) is 9.53. The normalized spacial score (nSPS) is 12.7. The molecule has 2 nitrogen and oxygen atoms in total. The van der Waals surface area contributed by atoms with E-state index in [9.17, 15) is 8.42 Å². The number of hydrogen-bond acceptors (Lipinski definition) is 2. The standard InChI is InChI=1S/C12H18O2S/c1-12(2,3)10-15(13,14)9-11-7-5-4-6-8-11/h4-8H,9-10H2,1-3H3. The van der Waals surface area contributed by atoms with Crippen LogP contribution in [0.15, 0.2) is 30.3 Å². The maximum absolute atomic E-state index is 11.8. The summed E-state index contributed by atoms with van der Waals surface area (Å²) in [6, 6.07) is 9.31. The fraction of sp³-hybridized carbons (Fsp3) is 0.500. The SMILES string of the molecule is CC(C)(C)CS(=O)(=O)Cc1ccccc1. The van der Waals surface area contributed by atoms with E-state index in [1.807, 2.05) is 51.1 Å². The van der Waals surface area contributed by atoms with Gasteiger partial charge in [-0.1, -0.05) is 51.1 Å². The summed E-state index contributed by atoms with van der Waals surface area (Å²) >= 11 is 0. The first kappa shape index (κ1) is 12.2. The maximum Gasteiger partial charge on any atom is 0.154 e. The van der Waals surface area contributed by atoms with Gasteiger partial charge >= 0.3 is 0 Å². The third kappa shape index (κ3) is 4.98. The van der Waals surface area contributed by atoms with Gasteiger partial charge in [0.15, 0.2) is 9.84 Å². The zero-order chi connectivity index (χ0) is 11.5. The molecule has 1 rings (SSSR count). The Morgan fingerprint density at radius 1 is 1.07 bits per heavy atom. The molecular weight excluding hydrogens is 208 g/mol. The van der Waals surface area contributed by atoms with Crippen molar-refractivity contribution in [2.45, 2.75) is 26.5 Å². The number of rotatable bonds is 3. The molecule has 84 valence electrons. The smallest absolute Gasteiger partial charge is 0.154 e. The van der Waals surface area contributed by atoms with Crippen LogP contribution in [0.3, 0.4) is 0 Å². The van der Waals surface area contributed by atoms with E-state index < -0.39 is 9.84 Å². The summed E-state index contributed by atoms with van der Waals surface area (Å²) in [6.45, 7) is 5.82. The molecule has 0 unspecified atom stereocenters. The van der Waals surface area contributed by atoms with Crippen LogP contribution < -0.4 is 0 Å². The molecule has 15 heavy (non-hydrogen) atoms. The van der Waals surface area contributed by atoms with Crippen molar-refractivity contribution in [3.05, 3.63) is 35.9 Å². The number of hydrogen-bond donors (Lipinski definition) is 0. The second-order valence-electron chi connectivity index (χ2n) is 5.08. The first-order chi connectivity index (χ1) is 6.79. The fourth-order valence-corrected chi connectivity index (χ4v) is 3.66. The fourth-order valence-electron chi connectivity index (χ4n) is 1.54. The van der Waals surface area contributed by atoms with Crippen molar-refractivity contribution < 1.29 is 8.42 Å². The van der Waals surface area contributed by atoms with Gasteiger partial charge < -0.3 is 0 Å². The molecule has 0 fully saturated rings. The lowest BCUT2D eigenvalue weighted by Gasteiger charge is -2.17. The minimum Gasteiger partial charge on any atom is -0.228 e. The van der Waals surface area contributed by atoms with Crippen molar-refractivity contribution >= 4 is 9.84 Å². The van der Waals surface area contributed by atoms with Crippen LogP contribution in [0, 0.1) is 5.41 Å². The lowest BCUT2D eigenvalue weighted by molar-refractivity contribution is 0.461. The van der Waals surface area contributed by atoms with Crippen LogP contribution in [0.25, 0.3) is 0 Å². The van der Waals surface area contributed by atoms with Gasteiger partial charge in [-0.05, 0) is 11.0 Å². The van der Waals surface area contributed by atoms with E-state index >= 15 is 0 Å². The van der Waals surface area contributed by atoms with E-state index in [0.717, 1.165) is 5.56 Å². The summed E-state index contributed by atoms with van der Waals surface area (Å²) < 4.78 is 23.6. The predicted molar refractivity (Wildman–Crippen MR) is 63.4 cm³/mol. The third-order valence-corrected chi connectivity index (χ3v) is 3.96. The van der Waals surface area contributed by atoms with Gasteiger partial charge in [-0.3, -0.25) is 0 Å². The Labute approximate surface area is 92.2 Å². The Hall–Kier alpha value is -0.830. The van der Waals surface area contributed by atoms with E-state index in [4.69, 9.17) is 0 Å². The van der Waals surface area contributed by atoms with Crippen LogP contribution in [0.4, 0.5) is 0 Å². The molecular formula is C12H18O2S. The second kappa shape index (κ2) is 4.35. The Kier molecular flexibility index (Phi) is 3.55. The van der Waals surface area contributed by atoms with Crippen molar-refractivity contribution in [3.8, 4) is 0 Å². The van der Waals surface area contributed by atoms with Crippen LogP contribution in [-0.2, 0) is 15.6 Å². The van der Waals surface area contributed by atoms with Gasteiger partial charge in [-0.15, -0.1) is 0 Å². The van der Waals surface area contributed by atoms with E-state index in [-0.39, 0.29) is 16.9 Å². The number of sulfone groups is 1. The number of benzene rings is 1. The Bertz CT molecular complexity index is 399. The molecule has 0 saturated carbocycles. The molecule has 0 spiro atoms. The van der Waals surface area contributed by atoms with Gasteiger partial charge in [0.25, 0.3) is 0 Å². The zero-order valence-corrected chi connectivity index (χ0v) is 10.3. The summed E-state index contributed by atoms with van der Waals surface area (Å²) in [5, 5.41) is 0. The molecule has 0 heterocycles. The minimum absolute atomic E-state index is 0.144. The van der Waals surface area contributed by atoms with Gasteiger partial charge in [-0.25, -0.2) is 8.42 Å². The molecule has 3 heteroatoms. The molecule has 0 aromatic heterocycles. The first-order valence-electron chi connectivity index (χ1n) is 5.03. The van der Waals surface area contributed by atoms with Gasteiger partial charge in [0.05, 0.1) is 11.5 Å². The molecule has 0 saturated heterocycles. The van der Waals surface area contributed by atoms with Crippen molar-refractivity contribution in [1.82, 2.24) is 0 Å². The van der Waals surface area contributed by atoms with Gasteiger partial charge in [0, 0.05) is 0 Å². The summed E-state index contributed by atoms with van der Waals surface area (Å²) in [4.78, 5) is 0. The topological polar surface area (TPSA) is 34.1 Å². The van der Waals surface area contributed by atoms with Crippen molar-refractivity contribution in [2.75, 3.05) is 5.75 Å². The summed E-state index contributed by atoms with van der Waals surface area (Å²) in [6.07, 6.45) is 0. The summed E-state index contributed by atoms with van der Waals surface area (Å²) in [7, 11) is -2.99. The highest BCUT2D eigenvalue weighted by Gasteiger charge is 2.21. The Morgan fingerprint density at radius 3 is 2.07 bits per heavy atom. The highest BCUT2D eigenvalue weighted by atomic mass is 32.2. The Morgan fingerprint density at radius 2 is 1.60 bits per heavy atom. The highest BCUT2D eigenvalue weighted by Crippen LogP contribution is 2.18. The molecule has 0 N–H and O–H groups in total. The second-order valence-corrected chi connectivity index (χ2v) is 7.14. The van der Waals surface area contributed by atoms with Crippen molar-refractivity contribution in [2.24, 2.45) is 5.41 Å². The molecule has 0 bridgehead atoms. The molecule has 0 aliphatic rings. The Balaban J connectivity index is 2.74. The van der Waals surface area contributed by atoms with E-state index in [2.05, 4.69) is 0 Å². The molecule has 0 radical (unpaired) electrons. The maximum atomic E-state index is 11.8. The average Bonchev–Trinajstić information content (AvgIpc) is 1.99.